The Morgan fingerprint density at radius 3 is 2.52 bits per heavy atom. The van der Waals surface area contributed by atoms with Crippen LogP contribution in [0, 0.1) is 18.3 Å². The molecule has 108 valence electrons. The Morgan fingerprint density at radius 2 is 1.90 bits per heavy atom. The van der Waals surface area contributed by atoms with E-state index < -0.39 is 0 Å². The fourth-order valence-electron chi connectivity index (χ4n) is 2.21. The smallest absolute Gasteiger partial charge is 0.118 e. The third-order valence-corrected chi connectivity index (χ3v) is 3.54. The van der Waals surface area contributed by atoms with Crippen LogP contribution in [0.5, 0.6) is 5.75 Å². The van der Waals surface area contributed by atoms with Gasteiger partial charge >= 0.3 is 0 Å². The van der Waals surface area contributed by atoms with Gasteiger partial charge in [0.15, 0.2) is 0 Å². The molecule has 0 amide bonds. The van der Waals surface area contributed by atoms with Crippen molar-refractivity contribution in [3.8, 4) is 11.8 Å². The monoisotopic (exact) mass is 280 g/mol. The quantitative estimate of drug-likeness (QED) is 0.826. The highest BCUT2D eigenvalue weighted by Gasteiger charge is 2.00. The van der Waals surface area contributed by atoms with Gasteiger partial charge in [-0.2, -0.15) is 5.26 Å². The van der Waals surface area contributed by atoms with Crippen LogP contribution in [0.2, 0.25) is 0 Å². The maximum Gasteiger partial charge on any atom is 0.118 e. The topological polar surface area (TPSA) is 45.0 Å². The molecule has 0 saturated heterocycles. The van der Waals surface area contributed by atoms with E-state index >= 15 is 0 Å². The van der Waals surface area contributed by atoms with Crippen molar-refractivity contribution in [2.75, 3.05) is 13.7 Å². The Labute approximate surface area is 126 Å². The van der Waals surface area contributed by atoms with E-state index in [1.165, 1.54) is 11.1 Å². The minimum absolute atomic E-state index is 0.717. The Bertz CT molecular complexity index is 627. The van der Waals surface area contributed by atoms with Crippen LogP contribution >= 0.6 is 0 Å². The zero-order valence-electron chi connectivity index (χ0n) is 12.5. The maximum absolute atomic E-state index is 8.86. The first kappa shape index (κ1) is 15.1. The summed E-state index contributed by atoms with van der Waals surface area (Å²) in [6, 6.07) is 16.1. The van der Waals surface area contributed by atoms with Crippen LogP contribution in [0.3, 0.4) is 0 Å². The third-order valence-electron chi connectivity index (χ3n) is 3.54. The highest BCUT2D eigenvalue weighted by Crippen LogP contribution is 2.12. The van der Waals surface area contributed by atoms with Crippen molar-refractivity contribution in [2.45, 2.75) is 19.9 Å². The maximum atomic E-state index is 8.86. The van der Waals surface area contributed by atoms with E-state index in [1.807, 2.05) is 37.3 Å². The third kappa shape index (κ3) is 4.34. The summed E-state index contributed by atoms with van der Waals surface area (Å²) >= 11 is 0. The minimum Gasteiger partial charge on any atom is -0.497 e. The van der Waals surface area contributed by atoms with E-state index in [-0.39, 0.29) is 0 Å². The van der Waals surface area contributed by atoms with E-state index in [2.05, 4.69) is 23.5 Å². The molecule has 0 aliphatic carbocycles. The van der Waals surface area contributed by atoms with E-state index in [0.29, 0.717) is 0 Å². The minimum atomic E-state index is 0.717. The van der Waals surface area contributed by atoms with Crippen molar-refractivity contribution in [2.24, 2.45) is 0 Å². The molecule has 0 saturated carbocycles. The molecule has 0 aromatic heterocycles. The first-order valence-corrected chi connectivity index (χ1v) is 7.06. The Kier molecular flexibility index (Phi) is 5.36. The molecule has 0 heterocycles. The van der Waals surface area contributed by atoms with Gasteiger partial charge in [0.2, 0.25) is 0 Å². The molecule has 3 nitrogen and oxygen atoms in total. The number of ether oxygens (including phenoxy) is 1. The fourth-order valence-corrected chi connectivity index (χ4v) is 2.21. The first-order valence-electron chi connectivity index (χ1n) is 7.06. The lowest BCUT2D eigenvalue weighted by Crippen LogP contribution is -2.17. The molecule has 21 heavy (non-hydrogen) atoms. The lowest BCUT2D eigenvalue weighted by atomic mass is 10.1. The number of nitrogens with one attached hydrogen (secondary N) is 1. The van der Waals surface area contributed by atoms with Crippen LogP contribution in [0.25, 0.3) is 0 Å². The summed E-state index contributed by atoms with van der Waals surface area (Å²) in [7, 11) is 1.68. The second-order valence-corrected chi connectivity index (χ2v) is 5.03. The van der Waals surface area contributed by atoms with Gasteiger partial charge in [-0.1, -0.05) is 18.2 Å². The Morgan fingerprint density at radius 1 is 1.14 bits per heavy atom. The van der Waals surface area contributed by atoms with Gasteiger partial charge in [0.05, 0.1) is 18.7 Å². The molecule has 0 aliphatic heterocycles. The number of aryl methyl sites for hydroxylation is 1. The molecule has 0 aliphatic rings. The van der Waals surface area contributed by atoms with Gasteiger partial charge in [0.1, 0.15) is 5.75 Å². The van der Waals surface area contributed by atoms with Crippen LogP contribution < -0.4 is 10.1 Å². The van der Waals surface area contributed by atoms with Gasteiger partial charge in [0.25, 0.3) is 0 Å². The van der Waals surface area contributed by atoms with Crippen molar-refractivity contribution in [3.05, 3.63) is 64.7 Å². The summed E-state index contributed by atoms with van der Waals surface area (Å²) in [4.78, 5) is 0. The average molecular weight is 280 g/mol. The zero-order chi connectivity index (χ0) is 15.1. The molecule has 0 radical (unpaired) electrons. The predicted molar refractivity (Wildman–Crippen MR) is 84.3 cm³/mol. The van der Waals surface area contributed by atoms with Crippen molar-refractivity contribution in [3.63, 3.8) is 0 Å². The molecular formula is C18H20N2O. The number of rotatable bonds is 6. The van der Waals surface area contributed by atoms with Gasteiger partial charge < -0.3 is 10.1 Å². The highest BCUT2D eigenvalue weighted by atomic mass is 16.5. The van der Waals surface area contributed by atoms with Gasteiger partial charge in [-0.25, -0.2) is 0 Å². The number of benzene rings is 2. The van der Waals surface area contributed by atoms with Gasteiger partial charge in [-0.15, -0.1) is 0 Å². The van der Waals surface area contributed by atoms with Crippen LogP contribution in [-0.2, 0) is 13.0 Å². The molecule has 2 rings (SSSR count). The standard InChI is InChI=1S/C18H20N2O/c1-14-11-16(12-19)3-6-17(14)13-20-10-9-15-4-7-18(21-2)8-5-15/h3-8,11,20H,9-10,13H2,1-2H3. The molecule has 0 atom stereocenters. The molecule has 0 bridgehead atoms. The average Bonchev–Trinajstić information content (AvgIpc) is 2.53. The Balaban J connectivity index is 1.80. The molecular weight excluding hydrogens is 260 g/mol. The first-order chi connectivity index (χ1) is 10.2. The van der Waals surface area contributed by atoms with Gasteiger partial charge in [-0.3, -0.25) is 0 Å². The SMILES string of the molecule is COc1ccc(CCNCc2ccc(C#N)cc2C)cc1. The lowest BCUT2D eigenvalue weighted by molar-refractivity contribution is 0.414. The normalized spacial score (nSPS) is 10.1. The van der Waals surface area contributed by atoms with Crippen molar-refractivity contribution >= 4 is 0 Å². The van der Waals surface area contributed by atoms with Crippen molar-refractivity contribution in [1.82, 2.24) is 5.32 Å². The molecule has 1 N–H and O–H groups in total. The van der Waals surface area contributed by atoms with Crippen LogP contribution in [0.15, 0.2) is 42.5 Å². The van der Waals surface area contributed by atoms with Gasteiger partial charge in [-0.05, 0) is 60.8 Å². The predicted octanol–water partition coefficient (Wildman–Crippen LogP) is 3.21. The van der Waals surface area contributed by atoms with Crippen LogP contribution in [0.1, 0.15) is 22.3 Å². The summed E-state index contributed by atoms with van der Waals surface area (Å²) < 4.78 is 5.15. The number of nitriles is 1. The number of hydrogen-bond acceptors (Lipinski definition) is 3. The van der Waals surface area contributed by atoms with E-state index in [0.717, 1.165) is 36.4 Å². The van der Waals surface area contributed by atoms with Crippen LogP contribution in [0.4, 0.5) is 0 Å². The van der Waals surface area contributed by atoms with Crippen molar-refractivity contribution in [1.29, 1.82) is 5.26 Å². The number of hydrogen-bond donors (Lipinski definition) is 1. The second-order valence-electron chi connectivity index (χ2n) is 5.03. The molecule has 0 spiro atoms. The zero-order valence-corrected chi connectivity index (χ0v) is 12.5. The van der Waals surface area contributed by atoms with E-state index in [9.17, 15) is 0 Å². The van der Waals surface area contributed by atoms with Gasteiger partial charge in [0, 0.05) is 6.54 Å². The van der Waals surface area contributed by atoms with Crippen LogP contribution in [-0.4, -0.2) is 13.7 Å². The number of nitrogens with zero attached hydrogens (tertiary/aromatic N) is 1. The molecule has 2 aromatic carbocycles. The van der Waals surface area contributed by atoms with Crippen molar-refractivity contribution < 1.29 is 4.74 Å². The summed E-state index contributed by atoms with van der Waals surface area (Å²) in [6.45, 7) is 3.79. The summed E-state index contributed by atoms with van der Waals surface area (Å²) in [5, 5.41) is 12.3. The second kappa shape index (κ2) is 7.47. The summed E-state index contributed by atoms with van der Waals surface area (Å²) in [5.74, 6) is 0.889. The largest absolute Gasteiger partial charge is 0.497 e. The van der Waals surface area contributed by atoms with E-state index in [4.69, 9.17) is 10.00 Å². The molecule has 0 unspecified atom stereocenters. The highest BCUT2D eigenvalue weighted by molar-refractivity contribution is 5.37. The molecule has 0 fully saturated rings. The number of methoxy groups -OCH3 is 1. The Hall–Kier alpha value is -2.31. The summed E-state index contributed by atoms with van der Waals surface area (Å²) in [6.07, 6.45) is 0.985. The molecule has 3 heteroatoms. The van der Waals surface area contributed by atoms with E-state index in [1.54, 1.807) is 7.11 Å². The summed E-state index contributed by atoms with van der Waals surface area (Å²) in [5.41, 5.74) is 4.41. The fraction of sp³-hybridized carbons (Fsp3) is 0.278. The molecule has 2 aromatic rings. The lowest BCUT2D eigenvalue weighted by Gasteiger charge is -2.08.